The van der Waals surface area contributed by atoms with Gasteiger partial charge >= 0.3 is 0 Å². The van der Waals surface area contributed by atoms with Crippen molar-refractivity contribution >= 4 is 11.6 Å². The van der Waals surface area contributed by atoms with E-state index in [4.69, 9.17) is 4.74 Å². The lowest BCUT2D eigenvalue weighted by Gasteiger charge is -2.10. The fraction of sp³-hybridized carbons (Fsp3) is 0.130. The van der Waals surface area contributed by atoms with E-state index in [2.05, 4.69) is 74.3 Å². The van der Waals surface area contributed by atoms with Crippen molar-refractivity contribution < 1.29 is 4.74 Å². The minimum absolute atomic E-state index is 0.579. The summed E-state index contributed by atoms with van der Waals surface area (Å²) in [6.45, 7) is 2.03. The molecule has 4 aromatic rings. The Kier molecular flexibility index (Phi) is 6.02. The number of ether oxygens (including phenoxy) is 1. The van der Waals surface area contributed by atoms with Gasteiger partial charge in [0.15, 0.2) is 0 Å². The zero-order valence-electron chi connectivity index (χ0n) is 16.0. The van der Waals surface area contributed by atoms with Crippen molar-refractivity contribution in [2.75, 3.05) is 10.6 Å². The fourth-order valence-corrected chi connectivity index (χ4v) is 2.87. The van der Waals surface area contributed by atoms with Gasteiger partial charge in [-0.05, 0) is 41.0 Å². The summed E-state index contributed by atoms with van der Waals surface area (Å²) >= 11 is 0. The number of hydrogen-bond donors (Lipinski definition) is 3. The molecule has 146 valence electrons. The second kappa shape index (κ2) is 9.41. The van der Waals surface area contributed by atoms with Crippen molar-refractivity contribution in [2.45, 2.75) is 19.7 Å². The lowest BCUT2D eigenvalue weighted by atomic mass is 10.2. The standard InChI is InChI=1S/C23H23N5O/c1-2-4-20(5-3-1)16-29-22-12-8-19(9-13-22)14-24-21-10-6-18(7-11-21)15-25-23-26-17-27-28-23/h1-13,17,24H,14-16H2,(H2,25,26,27,28). The van der Waals surface area contributed by atoms with Gasteiger partial charge in [-0.1, -0.05) is 54.6 Å². The minimum Gasteiger partial charge on any atom is -0.489 e. The Morgan fingerprint density at radius 2 is 1.41 bits per heavy atom. The first-order valence-corrected chi connectivity index (χ1v) is 9.53. The zero-order valence-corrected chi connectivity index (χ0v) is 16.0. The number of nitrogens with one attached hydrogen (secondary N) is 3. The number of H-pyrrole nitrogens is 1. The van der Waals surface area contributed by atoms with Crippen LogP contribution >= 0.6 is 0 Å². The molecule has 6 nitrogen and oxygen atoms in total. The average molecular weight is 385 g/mol. The summed E-state index contributed by atoms with van der Waals surface area (Å²) in [7, 11) is 0. The van der Waals surface area contributed by atoms with Crippen LogP contribution in [0.3, 0.4) is 0 Å². The van der Waals surface area contributed by atoms with Crippen molar-refractivity contribution in [2.24, 2.45) is 0 Å². The van der Waals surface area contributed by atoms with Crippen molar-refractivity contribution in [3.05, 3.63) is 102 Å². The zero-order chi connectivity index (χ0) is 19.7. The maximum atomic E-state index is 5.84. The Bertz CT molecular complexity index is 984. The highest BCUT2D eigenvalue weighted by molar-refractivity contribution is 5.46. The van der Waals surface area contributed by atoms with Gasteiger partial charge in [0.25, 0.3) is 0 Å². The normalized spacial score (nSPS) is 10.5. The van der Waals surface area contributed by atoms with Crippen LogP contribution < -0.4 is 15.4 Å². The van der Waals surface area contributed by atoms with Crippen LogP contribution in [0.1, 0.15) is 16.7 Å². The summed E-state index contributed by atoms with van der Waals surface area (Å²) < 4.78 is 5.84. The molecule has 0 spiro atoms. The Labute approximate surface area is 170 Å². The van der Waals surface area contributed by atoms with Crippen molar-refractivity contribution in [1.29, 1.82) is 0 Å². The van der Waals surface area contributed by atoms with Crippen LogP contribution in [0.4, 0.5) is 11.6 Å². The van der Waals surface area contributed by atoms with E-state index < -0.39 is 0 Å². The first-order valence-electron chi connectivity index (χ1n) is 9.53. The van der Waals surface area contributed by atoms with Crippen LogP contribution in [0.15, 0.2) is 85.2 Å². The molecule has 1 heterocycles. The summed E-state index contributed by atoms with van der Waals surface area (Å²) in [4.78, 5) is 4.05. The molecular weight excluding hydrogens is 362 g/mol. The highest BCUT2D eigenvalue weighted by Gasteiger charge is 2.00. The van der Waals surface area contributed by atoms with Crippen LogP contribution in [-0.2, 0) is 19.7 Å². The molecule has 0 radical (unpaired) electrons. The molecule has 3 aromatic carbocycles. The number of hydrogen-bond acceptors (Lipinski definition) is 5. The molecular formula is C23H23N5O. The van der Waals surface area contributed by atoms with Gasteiger partial charge in [0.05, 0.1) is 0 Å². The van der Waals surface area contributed by atoms with Gasteiger partial charge < -0.3 is 15.4 Å². The quantitative estimate of drug-likeness (QED) is 0.392. The van der Waals surface area contributed by atoms with E-state index in [1.165, 1.54) is 17.5 Å². The number of anilines is 2. The number of aromatic amines is 1. The molecule has 0 saturated heterocycles. The molecule has 0 amide bonds. The van der Waals surface area contributed by atoms with E-state index in [1.807, 2.05) is 30.3 Å². The van der Waals surface area contributed by atoms with Crippen LogP contribution in [0, 0.1) is 0 Å². The van der Waals surface area contributed by atoms with Crippen LogP contribution in [-0.4, -0.2) is 15.2 Å². The smallest absolute Gasteiger partial charge is 0.218 e. The SMILES string of the molecule is c1ccc(COc2ccc(CNc3ccc(CNc4ncn[nH]4)cc3)cc2)cc1. The summed E-state index contributed by atoms with van der Waals surface area (Å²) in [5.74, 6) is 1.55. The molecule has 0 atom stereocenters. The van der Waals surface area contributed by atoms with Gasteiger partial charge in [-0.25, -0.2) is 10.1 Å². The largest absolute Gasteiger partial charge is 0.489 e. The van der Waals surface area contributed by atoms with Crippen molar-refractivity contribution in [3.8, 4) is 5.75 Å². The molecule has 4 rings (SSSR count). The van der Waals surface area contributed by atoms with Gasteiger partial charge in [-0.2, -0.15) is 5.10 Å². The monoisotopic (exact) mass is 385 g/mol. The van der Waals surface area contributed by atoms with Crippen LogP contribution in [0.25, 0.3) is 0 Å². The Morgan fingerprint density at radius 1 is 0.724 bits per heavy atom. The molecule has 0 fully saturated rings. The maximum absolute atomic E-state index is 5.84. The second-order valence-corrected chi connectivity index (χ2v) is 6.66. The Morgan fingerprint density at radius 3 is 2.10 bits per heavy atom. The van der Waals surface area contributed by atoms with Gasteiger partial charge in [-0.15, -0.1) is 0 Å². The third kappa shape index (κ3) is 5.59. The van der Waals surface area contributed by atoms with Gasteiger partial charge in [0.2, 0.25) is 5.95 Å². The van der Waals surface area contributed by atoms with Gasteiger partial charge in [0, 0.05) is 18.8 Å². The van der Waals surface area contributed by atoms with Crippen molar-refractivity contribution in [3.63, 3.8) is 0 Å². The van der Waals surface area contributed by atoms with Crippen LogP contribution in [0.2, 0.25) is 0 Å². The van der Waals surface area contributed by atoms with Crippen LogP contribution in [0.5, 0.6) is 5.75 Å². The van der Waals surface area contributed by atoms with Gasteiger partial charge in [0.1, 0.15) is 18.7 Å². The maximum Gasteiger partial charge on any atom is 0.218 e. The summed E-state index contributed by atoms with van der Waals surface area (Å²) in [5.41, 5.74) is 4.62. The first kappa shape index (κ1) is 18.6. The molecule has 0 aliphatic rings. The molecule has 0 aliphatic carbocycles. The third-order valence-corrected chi connectivity index (χ3v) is 4.50. The third-order valence-electron chi connectivity index (χ3n) is 4.50. The summed E-state index contributed by atoms with van der Waals surface area (Å²) in [6, 6.07) is 26.7. The Balaban J connectivity index is 1.23. The second-order valence-electron chi connectivity index (χ2n) is 6.66. The number of rotatable bonds is 9. The molecule has 1 aromatic heterocycles. The number of nitrogens with zero attached hydrogens (tertiary/aromatic N) is 2. The number of benzene rings is 3. The van der Waals surface area contributed by atoms with E-state index in [0.29, 0.717) is 19.1 Å². The topological polar surface area (TPSA) is 74.9 Å². The van der Waals surface area contributed by atoms with E-state index in [0.717, 1.165) is 23.5 Å². The minimum atomic E-state index is 0.579. The highest BCUT2D eigenvalue weighted by Crippen LogP contribution is 2.16. The molecule has 3 N–H and O–H groups in total. The fourth-order valence-electron chi connectivity index (χ4n) is 2.87. The van der Waals surface area contributed by atoms with E-state index >= 15 is 0 Å². The summed E-state index contributed by atoms with van der Waals surface area (Å²) in [5, 5.41) is 13.2. The van der Waals surface area contributed by atoms with E-state index in [1.54, 1.807) is 0 Å². The molecule has 0 aliphatic heterocycles. The molecule has 6 heteroatoms. The van der Waals surface area contributed by atoms with E-state index in [-0.39, 0.29) is 0 Å². The molecule has 29 heavy (non-hydrogen) atoms. The lowest BCUT2D eigenvalue weighted by molar-refractivity contribution is 0.306. The molecule has 0 unspecified atom stereocenters. The lowest BCUT2D eigenvalue weighted by Crippen LogP contribution is -2.02. The molecule has 0 saturated carbocycles. The first-order chi connectivity index (χ1) is 14.3. The number of aromatic nitrogens is 3. The van der Waals surface area contributed by atoms with E-state index in [9.17, 15) is 0 Å². The average Bonchev–Trinajstić information content (AvgIpc) is 3.31. The van der Waals surface area contributed by atoms with Crippen molar-refractivity contribution in [1.82, 2.24) is 15.2 Å². The predicted octanol–water partition coefficient (Wildman–Crippen LogP) is 4.61. The predicted molar refractivity (Wildman–Crippen MR) is 115 cm³/mol. The molecule has 0 bridgehead atoms. The highest BCUT2D eigenvalue weighted by atomic mass is 16.5. The van der Waals surface area contributed by atoms with Gasteiger partial charge in [-0.3, -0.25) is 0 Å². The summed E-state index contributed by atoms with van der Waals surface area (Å²) in [6.07, 6.45) is 1.48. The Hall–Kier alpha value is -3.80.